The first-order valence-electron chi connectivity index (χ1n) is 16.7. The van der Waals surface area contributed by atoms with Crippen LogP contribution in [0.4, 0.5) is 0 Å². The van der Waals surface area contributed by atoms with Gasteiger partial charge in [-0.05, 0) is 68.3 Å². The highest BCUT2D eigenvalue weighted by Gasteiger charge is 2.32. The number of carbonyl (C=O) groups is 6. The van der Waals surface area contributed by atoms with Crippen molar-refractivity contribution in [2.24, 2.45) is 27.9 Å². The molecular formula is C34H49N9O9. The van der Waals surface area contributed by atoms with E-state index in [2.05, 4.69) is 26.3 Å². The van der Waals surface area contributed by atoms with Crippen molar-refractivity contribution in [1.29, 1.82) is 0 Å². The van der Waals surface area contributed by atoms with E-state index in [1.54, 1.807) is 42.5 Å². The first kappa shape index (κ1) is 42.4. The first-order chi connectivity index (χ1) is 24.7. The van der Waals surface area contributed by atoms with Gasteiger partial charge >= 0.3 is 11.9 Å². The SMILES string of the molecule is NCCCCC(NC(=O)C(CCCN=C(N)N)NC(=O)C(Cc1ccccc1)NC(=O)C(N)Cc1ccc(O)cc1)C(=O)NC(CC(=O)O)C(=O)O. The normalized spacial score (nSPS) is 13.7. The third-order valence-corrected chi connectivity index (χ3v) is 7.80. The molecule has 0 spiro atoms. The fourth-order valence-electron chi connectivity index (χ4n) is 5.04. The van der Waals surface area contributed by atoms with E-state index in [0.29, 0.717) is 24.0 Å². The topological polar surface area (TPSA) is 328 Å². The van der Waals surface area contributed by atoms with Crippen LogP contribution in [0.25, 0.3) is 0 Å². The van der Waals surface area contributed by atoms with E-state index in [0.717, 1.165) is 0 Å². The molecule has 15 N–H and O–H groups in total. The van der Waals surface area contributed by atoms with Gasteiger partial charge in [0.25, 0.3) is 0 Å². The largest absolute Gasteiger partial charge is 0.508 e. The Kier molecular flexibility index (Phi) is 18.1. The quantitative estimate of drug-likeness (QED) is 0.0342. The van der Waals surface area contributed by atoms with Gasteiger partial charge in [0.2, 0.25) is 23.6 Å². The maximum Gasteiger partial charge on any atom is 0.326 e. The molecule has 5 atom stereocenters. The second-order valence-electron chi connectivity index (χ2n) is 12.1. The summed E-state index contributed by atoms with van der Waals surface area (Å²) in [6, 6.07) is 8.28. The zero-order chi connectivity index (χ0) is 38.6. The number of hydrogen-bond donors (Lipinski definition) is 11. The molecule has 0 aliphatic carbocycles. The number of nitrogens with zero attached hydrogens (tertiary/aromatic N) is 1. The van der Waals surface area contributed by atoms with E-state index in [1.165, 1.54) is 12.1 Å². The highest BCUT2D eigenvalue weighted by Crippen LogP contribution is 2.12. The Bertz CT molecular complexity index is 1520. The summed E-state index contributed by atoms with van der Waals surface area (Å²) in [7, 11) is 0. The molecular weight excluding hydrogens is 678 g/mol. The summed E-state index contributed by atoms with van der Waals surface area (Å²) in [6.45, 7) is 0.365. The van der Waals surface area contributed by atoms with Crippen LogP contribution < -0.4 is 44.2 Å². The molecule has 52 heavy (non-hydrogen) atoms. The van der Waals surface area contributed by atoms with Crippen LogP contribution in [-0.2, 0) is 41.6 Å². The number of aromatic hydroxyl groups is 1. The predicted molar refractivity (Wildman–Crippen MR) is 190 cm³/mol. The summed E-state index contributed by atoms with van der Waals surface area (Å²) in [5.74, 6) is -6.34. The zero-order valence-electron chi connectivity index (χ0n) is 28.7. The standard InChI is InChI=1S/C34H49N9O9/c35-15-5-4-9-24(31(49)43-27(33(51)52)19-28(45)46)40-30(48)25(10-6-16-39-34(37)38)41-32(50)26(18-20-7-2-1-3-8-20)42-29(47)23(36)17-21-11-13-22(44)14-12-21/h1-3,7-8,11-14,23-27,44H,4-6,9-10,15-19,35-36H2,(H,40,48)(H,41,50)(H,42,47)(H,43,49)(H,45,46)(H,51,52)(H4,37,38,39). The molecule has 0 aliphatic rings. The number of carboxylic acids is 2. The lowest BCUT2D eigenvalue weighted by molar-refractivity contribution is -0.147. The minimum absolute atomic E-state index is 0.0192. The molecule has 0 saturated heterocycles. The maximum atomic E-state index is 13.9. The van der Waals surface area contributed by atoms with Gasteiger partial charge < -0.3 is 59.5 Å². The molecule has 0 bridgehead atoms. The number of carbonyl (C=O) groups excluding carboxylic acids is 4. The number of amides is 4. The lowest BCUT2D eigenvalue weighted by Crippen LogP contribution is -2.59. The van der Waals surface area contributed by atoms with Crippen molar-refractivity contribution in [2.45, 2.75) is 81.6 Å². The molecule has 2 rings (SSSR count). The van der Waals surface area contributed by atoms with Crippen LogP contribution in [0.15, 0.2) is 59.6 Å². The number of nitrogens with one attached hydrogen (secondary N) is 4. The molecule has 0 aliphatic heterocycles. The third kappa shape index (κ3) is 15.9. The van der Waals surface area contributed by atoms with Gasteiger partial charge in [-0.3, -0.25) is 29.0 Å². The number of aliphatic imine (C=N–C) groups is 1. The number of phenolic OH excluding ortho intramolecular Hbond substituents is 1. The summed E-state index contributed by atoms with van der Waals surface area (Å²) in [4.78, 5) is 80.7. The zero-order valence-corrected chi connectivity index (χ0v) is 28.7. The number of aliphatic carboxylic acids is 2. The van der Waals surface area contributed by atoms with Crippen molar-refractivity contribution in [3.05, 3.63) is 65.7 Å². The molecule has 18 nitrogen and oxygen atoms in total. The fraction of sp³-hybridized carbons (Fsp3) is 0.441. The van der Waals surface area contributed by atoms with Crippen LogP contribution in [-0.4, -0.2) is 100 Å². The van der Waals surface area contributed by atoms with Gasteiger partial charge in [-0.1, -0.05) is 42.5 Å². The minimum Gasteiger partial charge on any atom is -0.508 e. The lowest BCUT2D eigenvalue weighted by atomic mass is 10.0. The second-order valence-corrected chi connectivity index (χ2v) is 12.1. The van der Waals surface area contributed by atoms with Gasteiger partial charge in [-0.2, -0.15) is 0 Å². The van der Waals surface area contributed by atoms with Crippen molar-refractivity contribution in [3.8, 4) is 5.75 Å². The maximum absolute atomic E-state index is 13.9. The van der Waals surface area contributed by atoms with Gasteiger partial charge in [-0.15, -0.1) is 0 Å². The number of guanidine groups is 1. The van der Waals surface area contributed by atoms with Gasteiger partial charge in [0.15, 0.2) is 5.96 Å². The van der Waals surface area contributed by atoms with Crippen LogP contribution in [0, 0.1) is 0 Å². The molecule has 0 saturated carbocycles. The Morgan fingerprint density at radius 1 is 0.654 bits per heavy atom. The monoisotopic (exact) mass is 727 g/mol. The Hall–Kier alpha value is -5.75. The van der Waals surface area contributed by atoms with Gasteiger partial charge in [0, 0.05) is 13.0 Å². The second kappa shape index (κ2) is 22.1. The summed E-state index contributed by atoms with van der Waals surface area (Å²) in [5.41, 5.74) is 24.0. The molecule has 284 valence electrons. The Morgan fingerprint density at radius 3 is 1.71 bits per heavy atom. The molecule has 18 heteroatoms. The van der Waals surface area contributed by atoms with Crippen LogP contribution in [0.5, 0.6) is 5.75 Å². The van der Waals surface area contributed by atoms with Crippen molar-refractivity contribution in [3.63, 3.8) is 0 Å². The number of nitrogens with two attached hydrogens (primary N) is 4. The van der Waals surface area contributed by atoms with E-state index in [4.69, 9.17) is 28.0 Å². The smallest absolute Gasteiger partial charge is 0.326 e. The number of hydrogen-bond acceptors (Lipinski definition) is 10. The molecule has 0 radical (unpaired) electrons. The molecule has 4 amide bonds. The van der Waals surface area contributed by atoms with E-state index in [1.807, 2.05) is 0 Å². The van der Waals surface area contributed by atoms with Gasteiger partial charge in [0.1, 0.15) is 29.9 Å². The average molecular weight is 728 g/mol. The number of rotatable bonds is 23. The van der Waals surface area contributed by atoms with Crippen molar-refractivity contribution in [1.82, 2.24) is 21.3 Å². The fourth-order valence-corrected chi connectivity index (χ4v) is 5.04. The molecule has 5 unspecified atom stereocenters. The van der Waals surface area contributed by atoms with E-state index < -0.39 is 72.2 Å². The van der Waals surface area contributed by atoms with Crippen LogP contribution in [0.1, 0.15) is 49.7 Å². The number of benzene rings is 2. The number of unbranched alkanes of at least 4 members (excludes halogenated alkanes) is 1. The van der Waals surface area contributed by atoms with Crippen molar-refractivity contribution >= 4 is 41.5 Å². The summed E-state index contributed by atoms with van der Waals surface area (Å²) in [5, 5.41) is 38.1. The van der Waals surface area contributed by atoms with E-state index >= 15 is 0 Å². The van der Waals surface area contributed by atoms with Crippen LogP contribution in [0.2, 0.25) is 0 Å². The summed E-state index contributed by atoms with van der Waals surface area (Å²) >= 11 is 0. The highest BCUT2D eigenvalue weighted by atomic mass is 16.4. The molecule has 0 aromatic heterocycles. The third-order valence-electron chi connectivity index (χ3n) is 7.80. The summed E-state index contributed by atoms with van der Waals surface area (Å²) < 4.78 is 0. The highest BCUT2D eigenvalue weighted by molar-refractivity contribution is 5.96. The van der Waals surface area contributed by atoms with Crippen molar-refractivity contribution < 1.29 is 44.1 Å². The summed E-state index contributed by atoms with van der Waals surface area (Å²) in [6.07, 6.45) is 0.243. The van der Waals surface area contributed by atoms with Gasteiger partial charge in [0.05, 0.1) is 12.5 Å². The van der Waals surface area contributed by atoms with E-state index in [-0.39, 0.29) is 56.9 Å². The predicted octanol–water partition coefficient (Wildman–Crippen LogP) is -1.81. The molecule has 0 fully saturated rings. The molecule has 0 heterocycles. The van der Waals surface area contributed by atoms with Crippen LogP contribution >= 0.6 is 0 Å². The minimum atomic E-state index is -1.77. The average Bonchev–Trinajstić information content (AvgIpc) is 3.09. The van der Waals surface area contributed by atoms with E-state index in [9.17, 15) is 39.0 Å². The first-order valence-corrected chi connectivity index (χ1v) is 16.7. The molecule has 2 aromatic carbocycles. The van der Waals surface area contributed by atoms with Crippen molar-refractivity contribution in [2.75, 3.05) is 13.1 Å². The van der Waals surface area contributed by atoms with Crippen LogP contribution in [0.3, 0.4) is 0 Å². The number of carboxylic acid groups (broad SMARTS) is 2. The van der Waals surface area contributed by atoms with Gasteiger partial charge in [-0.25, -0.2) is 4.79 Å². The lowest BCUT2D eigenvalue weighted by Gasteiger charge is -2.26. The Labute approximate surface area is 300 Å². The Morgan fingerprint density at radius 2 is 1.17 bits per heavy atom. The Balaban J connectivity index is 2.33. The number of phenols is 1. The molecule has 2 aromatic rings.